The van der Waals surface area contributed by atoms with Crippen LogP contribution in [0.1, 0.15) is 13.8 Å². The number of thiophene rings is 1. The molecule has 0 aliphatic heterocycles. The summed E-state index contributed by atoms with van der Waals surface area (Å²) in [6, 6.07) is 10.5. The first-order chi connectivity index (χ1) is 9.75. The number of hydrogen-bond donors (Lipinski definition) is 2. The molecule has 0 amide bonds. The Bertz CT molecular complexity index is 562. The van der Waals surface area contributed by atoms with Gasteiger partial charge in [-0.25, -0.2) is 9.59 Å². The summed E-state index contributed by atoms with van der Waals surface area (Å²) in [5.41, 5.74) is 0.352. The Morgan fingerprint density at radius 1 is 0.952 bits per heavy atom. The van der Waals surface area contributed by atoms with Crippen LogP contribution in [0.2, 0.25) is 0 Å². The molecule has 21 heavy (non-hydrogen) atoms. The summed E-state index contributed by atoms with van der Waals surface area (Å²) in [6.07, 6.45) is 0. The van der Waals surface area contributed by atoms with Gasteiger partial charge in [-0.15, -0.1) is 11.3 Å². The highest BCUT2D eigenvalue weighted by Gasteiger charge is 1.90. The molecule has 0 saturated heterocycles. The predicted octanol–water partition coefficient (Wildman–Crippen LogP) is 4.20. The molecule has 0 fully saturated rings. The molecule has 0 radical (unpaired) electrons. The van der Waals surface area contributed by atoms with Crippen LogP contribution in [-0.4, -0.2) is 22.2 Å². The first-order valence-corrected chi connectivity index (χ1v) is 6.83. The van der Waals surface area contributed by atoms with Crippen molar-refractivity contribution in [3.8, 4) is 0 Å². The third-order valence-electron chi connectivity index (χ3n) is 2.09. The molecule has 1 aromatic heterocycles. The Kier molecular flexibility index (Phi) is 8.41. The second kappa shape index (κ2) is 9.50. The molecule has 5 heteroatoms. The van der Waals surface area contributed by atoms with Crippen LogP contribution in [0.4, 0.5) is 0 Å². The number of rotatable bonds is 2. The lowest BCUT2D eigenvalue weighted by atomic mass is 10.3. The largest absolute Gasteiger partial charge is 0.478 e. The Balaban J connectivity index is 0.000000300. The van der Waals surface area contributed by atoms with Gasteiger partial charge in [-0.1, -0.05) is 31.4 Å². The van der Waals surface area contributed by atoms with E-state index in [1.54, 1.807) is 11.3 Å². The molecule has 0 atom stereocenters. The van der Waals surface area contributed by atoms with Crippen LogP contribution < -0.4 is 0 Å². The summed E-state index contributed by atoms with van der Waals surface area (Å²) in [5, 5.41) is 19.2. The van der Waals surface area contributed by atoms with Gasteiger partial charge >= 0.3 is 11.9 Å². The maximum Gasteiger partial charge on any atom is 0.330 e. The molecule has 2 N–H and O–H groups in total. The van der Waals surface area contributed by atoms with Crippen molar-refractivity contribution in [3.05, 3.63) is 60.0 Å². The zero-order valence-corrected chi connectivity index (χ0v) is 12.8. The van der Waals surface area contributed by atoms with Crippen LogP contribution in [0.15, 0.2) is 60.0 Å². The first kappa shape index (κ1) is 18.6. The topological polar surface area (TPSA) is 74.6 Å². The van der Waals surface area contributed by atoms with E-state index in [0.717, 1.165) is 0 Å². The third kappa shape index (κ3) is 8.39. The van der Waals surface area contributed by atoms with Gasteiger partial charge in [0, 0.05) is 15.8 Å². The van der Waals surface area contributed by atoms with Crippen molar-refractivity contribution in [3.63, 3.8) is 0 Å². The van der Waals surface area contributed by atoms with Crippen molar-refractivity contribution in [2.24, 2.45) is 0 Å². The van der Waals surface area contributed by atoms with E-state index in [0.29, 0.717) is 0 Å². The van der Waals surface area contributed by atoms with E-state index < -0.39 is 11.9 Å². The second-order valence-corrected chi connectivity index (χ2v) is 5.08. The van der Waals surface area contributed by atoms with Gasteiger partial charge in [0.2, 0.25) is 0 Å². The summed E-state index contributed by atoms with van der Waals surface area (Å²) in [4.78, 5) is 19.2. The number of aliphatic carboxylic acids is 2. The van der Waals surface area contributed by atoms with Gasteiger partial charge < -0.3 is 10.2 Å². The van der Waals surface area contributed by atoms with Gasteiger partial charge in [-0.3, -0.25) is 0 Å². The minimum atomic E-state index is -0.935. The van der Waals surface area contributed by atoms with Gasteiger partial charge in [0.05, 0.1) is 0 Å². The van der Waals surface area contributed by atoms with Crippen LogP contribution in [0.5, 0.6) is 0 Å². The van der Waals surface area contributed by atoms with Crippen molar-refractivity contribution in [2.45, 2.75) is 13.8 Å². The first-order valence-electron chi connectivity index (χ1n) is 5.95. The second-order valence-electron chi connectivity index (χ2n) is 4.13. The fraction of sp³-hybridized carbons (Fsp3) is 0.125. The molecule has 2 rings (SSSR count). The van der Waals surface area contributed by atoms with E-state index in [-0.39, 0.29) is 11.1 Å². The predicted molar refractivity (Wildman–Crippen MR) is 86.7 cm³/mol. The molecular formula is C16H18O4S. The molecule has 0 aliphatic rings. The molecule has 2 aromatic rings. The molecule has 112 valence electrons. The zero-order valence-electron chi connectivity index (χ0n) is 12.0. The average molecular weight is 306 g/mol. The summed E-state index contributed by atoms with van der Waals surface area (Å²) >= 11 is 1.79. The Hall–Kier alpha value is -2.40. The van der Waals surface area contributed by atoms with E-state index in [4.69, 9.17) is 10.2 Å². The number of carboxylic acid groups (broad SMARTS) is 2. The fourth-order valence-corrected chi connectivity index (χ4v) is 1.70. The Labute approximate surface area is 127 Å². The average Bonchev–Trinajstić information content (AvgIpc) is 2.88. The third-order valence-corrected chi connectivity index (χ3v) is 2.99. The van der Waals surface area contributed by atoms with E-state index >= 15 is 0 Å². The van der Waals surface area contributed by atoms with E-state index in [1.807, 2.05) is 0 Å². The highest BCUT2D eigenvalue weighted by atomic mass is 32.1. The van der Waals surface area contributed by atoms with Gasteiger partial charge in [0.25, 0.3) is 0 Å². The summed E-state index contributed by atoms with van der Waals surface area (Å²) < 4.78 is 1.37. The van der Waals surface area contributed by atoms with Crippen molar-refractivity contribution in [2.75, 3.05) is 0 Å². The molecule has 1 aromatic carbocycles. The molecule has 0 saturated carbocycles. The van der Waals surface area contributed by atoms with Crippen LogP contribution in [0.3, 0.4) is 0 Å². The monoisotopic (exact) mass is 306 g/mol. The lowest BCUT2D eigenvalue weighted by molar-refractivity contribution is -0.133. The minimum absolute atomic E-state index is 0.176. The molecule has 4 nitrogen and oxygen atoms in total. The fourth-order valence-electron chi connectivity index (χ4n) is 0.906. The highest BCUT2D eigenvalue weighted by Crippen LogP contribution is 2.18. The molecule has 1 heterocycles. The van der Waals surface area contributed by atoms with E-state index in [9.17, 15) is 9.59 Å². The number of benzene rings is 1. The summed E-state index contributed by atoms with van der Waals surface area (Å²) in [7, 11) is 0. The zero-order chi connectivity index (χ0) is 16.4. The van der Waals surface area contributed by atoms with E-state index in [1.165, 1.54) is 23.9 Å². The minimum Gasteiger partial charge on any atom is -0.478 e. The van der Waals surface area contributed by atoms with Crippen molar-refractivity contribution in [1.82, 2.24) is 0 Å². The molecule has 0 spiro atoms. The summed E-state index contributed by atoms with van der Waals surface area (Å²) in [5.74, 6) is -1.87. The number of fused-ring (bicyclic) bond motifs is 1. The molecule has 0 bridgehead atoms. The number of carbonyl (C=O) groups is 2. The highest BCUT2D eigenvalue weighted by molar-refractivity contribution is 7.17. The quantitative estimate of drug-likeness (QED) is 0.816. The van der Waals surface area contributed by atoms with Crippen molar-refractivity contribution in [1.29, 1.82) is 0 Å². The SMILES string of the molecule is C=C(C)C(=O)O.C=C(C)C(=O)O.c1ccc2sccc2c1. The van der Waals surface area contributed by atoms with Crippen LogP contribution in [0.25, 0.3) is 10.1 Å². The van der Waals surface area contributed by atoms with Gasteiger partial charge in [-0.2, -0.15) is 0 Å². The lowest BCUT2D eigenvalue weighted by Crippen LogP contribution is -1.92. The molecule has 0 unspecified atom stereocenters. The van der Waals surface area contributed by atoms with Crippen molar-refractivity contribution < 1.29 is 19.8 Å². The van der Waals surface area contributed by atoms with Gasteiger partial charge in [0.15, 0.2) is 0 Å². The Morgan fingerprint density at radius 2 is 1.38 bits per heavy atom. The Morgan fingerprint density at radius 3 is 1.76 bits per heavy atom. The maximum absolute atomic E-state index is 9.60. The molecule has 0 aliphatic carbocycles. The van der Waals surface area contributed by atoms with Crippen molar-refractivity contribution >= 4 is 33.4 Å². The number of carboxylic acids is 2. The van der Waals surface area contributed by atoms with E-state index in [2.05, 4.69) is 48.9 Å². The molecular weight excluding hydrogens is 288 g/mol. The van der Waals surface area contributed by atoms with Gasteiger partial charge in [0.1, 0.15) is 0 Å². The van der Waals surface area contributed by atoms with Crippen LogP contribution in [-0.2, 0) is 9.59 Å². The summed E-state index contributed by atoms with van der Waals surface area (Å²) in [6.45, 7) is 9.20. The van der Waals surface area contributed by atoms with Gasteiger partial charge in [-0.05, 0) is 36.7 Å². The standard InChI is InChI=1S/C8H6S.2C4H6O2/c1-2-4-8-7(3-1)5-6-9-8;2*1-3(2)4(5)6/h1-6H;2*1H2,2H3,(H,5,6). The lowest BCUT2D eigenvalue weighted by Gasteiger charge is -1.82. The maximum atomic E-state index is 9.60. The number of hydrogen-bond acceptors (Lipinski definition) is 3. The smallest absolute Gasteiger partial charge is 0.330 e. The normalized spacial score (nSPS) is 8.67. The van der Waals surface area contributed by atoms with Crippen LogP contribution in [0, 0.1) is 0 Å². The van der Waals surface area contributed by atoms with Crippen LogP contribution >= 0.6 is 11.3 Å².